The van der Waals surface area contributed by atoms with Crippen LogP contribution in [0.2, 0.25) is 0 Å². The summed E-state index contributed by atoms with van der Waals surface area (Å²) in [5.41, 5.74) is 0.0164. The van der Waals surface area contributed by atoms with Gasteiger partial charge in [-0.25, -0.2) is 0 Å². The SMILES string of the molecule is CC(c1n[nH]c(=S)n1C(C)(C)C)C1CC1. The Bertz CT molecular complexity index is 406. The molecule has 0 amide bonds. The lowest BCUT2D eigenvalue weighted by Gasteiger charge is -2.24. The molecule has 84 valence electrons. The molecule has 1 aliphatic rings. The Balaban J connectivity index is 2.43. The van der Waals surface area contributed by atoms with Gasteiger partial charge < -0.3 is 0 Å². The van der Waals surface area contributed by atoms with E-state index in [2.05, 4.69) is 42.5 Å². The molecule has 0 aliphatic heterocycles. The summed E-state index contributed by atoms with van der Waals surface area (Å²) in [6.07, 6.45) is 2.68. The zero-order valence-corrected chi connectivity index (χ0v) is 10.7. The van der Waals surface area contributed by atoms with Gasteiger partial charge in [0, 0.05) is 11.5 Å². The largest absolute Gasteiger partial charge is 0.299 e. The molecule has 1 heterocycles. The highest BCUT2D eigenvalue weighted by molar-refractivity contribution is 7.71. The maximum absolute atomic E-state index is 5.29. The van der Waals surface area contributed by atoms with Crippen LogP contribution in [0.1, 0.15) is 52.3 Å². The minimum absolute atomic E-state index is 0.0164. The molecule has 1 N–H and O–H groups in total. The molecule has 0 saturated heterocycles. The number of hydrogen-bond acceptors (Lipinski definition) is 2. The first-order valence-electron chi connectivity index (χ1n) is 5.59. The Labute approximate surface area is 95.9 Å². The van der Waals surface area contributed by atoms with Crippen LogP contribution in [-0.4, -0.2) is 14.8 Å². The third-order valence-electron chi connectivity index (χ3n) is 3.11. The summed E-state index contributed by atoms with van der Waals surface area (Å²) in [4.78, 5) is 0. The van der Waals surface area contributed by atoms with Gasteiger partial charge in [-0.15, -0.1) is 0 Å². The first-order valence-corrected chi connectivity index (χ1v) is 6.00. The number of aromatic amines is 1. The van der Waals surface area contributed by atoms with Crippen LogP contribution in [0, 0.1) is 10.7 Å². The molecule has 1 fully saturated rings. The van der Waals surface area contributed by atoms with E-state index in [0.29, 0.717) is 5.92 Å². The summed E-state index contributed by atoms with van der Waals surface area (Å²) in [6.45, 7) is 8.76. The predicted octanol–water partition coefficient (Wildman–Crippen LogP) is 3.21. The third kappa shape index (κ3) is 2.00. The van der Waals surface area contributed by atoms with E-state index in [1.807, 2.05) is 0 Å². The molecule has 1 atom stereocenters. The van der Waals surface area contributed by atoms with Crippen molar-refractivity contribution in [3.63, 3.8) is 0 Å². The molecule has 0 spiro atoms. The molecular weight excluding hydrogens is 206 g/mol. The highest BCUT2D eigenvalue weighted by atomic mass is 32.1. The Morgan fingerprint density at radius 2 is 2.07 bits per heavy atom. The number of nitrogens with one attached hydrogen (secondary N) is 1. The number of hydrogen-bond donors (Lipinski definition) is 1. The van der Waals surface area contributed by atoms with Crippen LogP contribution in [0.4, 0.5) is 0 Å². The number of nitrogens with zero attached hydrogens (tertiary/aromatic N) is 2. The molecule has 1 saturated carbocycles. The zero-order valence-electron chi connectivity index (χ0n) is 9.87. The average Bonchev–Trinajstić information content (AvgIpc) is 2.86. The lowest BCUT2D eigenvalue weighted by molar-refractivity contribution is 0.365. The molecule has 3 nitrogen and oxygen atoms in total. The molecule has 15 heavy (non-hydrogen) atoms. The molecule has 0 radical (unpaired) electrons. The summed E-state index contributed by atoms with van der Waals surface area (Å²) >= 11 is 5.29. The first-order chi connectivity index (χ1) is 6.91. The van der Waals surface area contributed by atoms with Crippen LogP contribution in [0.25, 0.3) is 0 Å². The van der Waals surface area contributed by atoms with Crippen molar-refractivity contribution >= 4 is 12.2 Å². The van der Waals surface area contributed by atoms with Gasteiger partial charge in [-0.2, -0.15) is 5.10 Å². The number of rotatable bonds is 2. The molecular formula is C11H19N3S. The predicted molar refractivity (Wildman–Crippen MR) is 63.5 cm³/mol. The van der Waals surface area contributed by atoms with Gasteiger partial charge in [-0.3, -0.25) is 9.67 Å². The zero-order chi connectivity index (χ0) is 11.2. The van der Waals surface area contributed by atoms with Gasteiger partial charge in [0.15, 0.2) is 4.77 Å². The third-order valence-corrected chi connectivity index (χ3v) is 3.38. The molecule has 1 aliphatic carbocycles. The van der Waals surface area contributed by atoms with Crippen molar-refractivity contribution in [2.45, 2.75) is 52.0 Å². The Morgan fingerprint density at radius 3 is 2.53 bits per heavy atom. The highest BCUT2D eigenvalue weighted by Crippen LogP contribution is 2.42. The van der Waals surface area contributed by atoms with E-state index in [4.69, 9.17) is 12.2 Å². The van der Waals surface area contributed by atoms with Crippen molar-refractivity contribution in [3.05, 3.63) is 10.6 Å². The highest BCUT2D eigenvalue weighted by Gasteiger charge is 2.33. The monoisotopic (exact) mass is 225 g/mol. The van der Waals surface area contributed by atoms with E-state index in [0.717, 1.165) is 16.5 Å². The molecule has 0 bridgehead atoms. The van der Waals surface area contributed by atoms with E-state index < -0.39 is 0 Å². The maximum Gasteiger partial charge on any atom is 0.195 e. The van der Waals surface area contributed by atoms with Gasteiger partial charge in [0.25, 0.3) is 0 Å². The summed E-state index contributed by atoms with van der Waals surface area (Å²) in [6, 6.07) is 0. The fraction of sp³-hybridized carbons (Fsp3) is 0.818. The topological polar surface area (TPSA) is 33.6 Å². The number of aromatic nitrogens is 3. The smallest absolute Gasteiger partial charge is 0.195 e. The van der Waals surface area contributed by atoms with E-state index in [9.17, 15) is 0 Å². The van der Waals surface area contributed by atoms with E-state index in [-0.39, 0.29) is 5.54 Å². The minimum Gasteiger partial charge on any atom is -0.299 e. The minimum atomic E-state index is 0.0164. The van der Waals surface area contributed by atoms with Crippen molar-refractivity contribution < 1.29 is 0 Å². The van der Waals surface area contributed by atoms with Crippen molar-refractivity contribution in [1.82, 2.24) is 14.8 Å². The van der Waals surface area contributed by atoms with Crippen LogP contribution < -0.4 is 0 Å². The van der Waals surface area contributed by atoms with Crippen LogP contribution in [0.5, 0.6) is 0 Å². The molecule has 1 aromatic rings. The second kappa shape index (κ2) is 3.44. The molecule has 1 unspecified atom stereocenters. The van der Waals surface area contributed by atoms with Gasteiger partial charge in [0.1, 0.15) is 5.82 Å². The van der Waals surface area contributed by atoms with Crippen LogP contribution >= 0.6 is 12.2 Å². The first kappa shape index (κ1) is 10.9. The van der Waals surface area contributed by atoms with Crippen molar-refractivity contribution in [1.29, 1.82) is 0 Å². The summed E-state index contributed by atoms with van der Waals surface area (Å²) < 4.78 is 2.90. The van der Waals surface area contributed by atoms with Crippen molar-refractivity contribution in [3.8, 4) is 0 Å². The summed E-state index contributed by atoms with van der Waals surface area (Å²) in [7, 11) is 0. The molecule has 1 aromatic heterocycles. The van der Waals surface area contributed by atoms with Gasteiger partial charge in [-0.05, 0) is 51.7 Å². The van der Waals surface area contributed by atoms with Crippen LogP contribution in [-0.2, 0) is 5.54 Å². The van der Waals surface area contributed by atoms with Gasteiger partial charge in [-0.1, -0.05) is 6.92 Å². The average molecular weight is 225 g/mol. The van der Waals surface area contributed by atoms with E-state index in [1.54, 1.807) is 0 Å². The standard InChI is InChI=1S/C11H19N3S/c1-7(8-5-6-8)9-12-13-10(15)14(9)11(2,3)4/h7-8H,5-6H2,1-4H3,(H,13,15). The second-order valence-electron chi connectivity index (χ2n) is 5.52. The van der Waals surface area contributed by atoms with Crippen molar-refractivity contribution in [2.75, 3.05) is 0 Å². The molecule has 4 heteroatoms. The fourth-order valence-electron chi connectivity index (χ4n) is 2.07. The van der Waals surface area contributed by atoms with E-state index >= 15 is 0 Å². The van der Waals surface area contributed by atoms with Crippen LogP contribution in [0.3, 0.4) is 0 Å². The van der Waals surface area contributed by atoms with Gasteiger partial charge in [0.2, 0.25) is 0 Å². The Hall–Kier alpha value is -0.640. The Morgan fingerprint density at radius 1 is 1.47 bits per heavy atom. The number of H-pyrrole nitrogens is 1. The second-order valence-corrected chi connectivity index (χ2v) is 5.91. The fourth-order valence-corrected chi connectivity index (χ4v) is 2.48. The van der Waals surface area contributed by atoms with Gasteiger partial charge >= 0.3 is 0 Å². The van der Waals surface area contributed by atoms with Crippen LogP contribution in [0.15, 0.2) is 0 Å². The normalized spacial score (nSPS) is 19.2. The quantitative estimate of drug-likeness (QED) is 0.784. The summed E-state index contributed by atoms with van der Waals surface area (Å²) in [5.74, 6) is 2.46. The van der Waals surface area contributed by atoms with E-state index in [1.165, 1.54) is 12.8 Å². The molecule has 2 rings (SSSR count). The van der Waals surface area contributed by atoms with Gasteiger partial charge in [0.05, 0.1) is 0 Å². The summed E-state index contributed by atoms with van der Waals surface area (Å²) in [5, 5.41) is 7.31. The molecule has 0 aromatic carbocycles. The lowest BCUT2D eigenvalue weighted by atomic mass is 10.0. The Kier molecular flexibility index (Phi) is 2.49. The maximum atomic E-state index is 5.29. The van der Waals surface area contributed by atoms with Crippen molar-refractivity contribution in [2.24, 2.45) is 5.92 Å². The lowest BCUT2D eigenvalue weighted by Crippen LogP contribution is -2.25.